The Bertz CT molecular complexity index is 946. The fourth-order valence-electron chi connectivity index (χ4n) is 2.11. The number of nitrogens with two attached hydrogens (primary N) is 1. The minimum atomic E-state index is -0.674. The molecular weight excluding hydrogens is 334 g/mol. The lowest BCUT2D eigenvalue weighted by atomic mass is 10.1. The van der Waals surface area contributed by atoms with Gasteiger partial charge in [-0.05, 0) is 26.0 Å². The van der Waals surface area contributed by atoms with E-state index in [0.29, 0.717) is 4.68 Å². The molecule has 0 amide bonds. The Morgan fingerprint density at radius 2 is 1.00 bits per heavy atom. The van der Waals surface area contributed by atoms with Gasteiger partial charge in [0.25, 0.3) is 22.2 Å². The predicted molar refractivity (Wildman–Crippen MR) is 109 cm³/mol. The van der Waals surface area contributed by atoms with Gasteiger partial charge in [-0.2, -0.15) is 4.68 Å². The van der Waals surface area contributed by atoms with Crippen molar-refractivity contribution in [3.05, 3.63) is 78.9 Å². The summed E-state index contributed by atoms with van der Waals surface area (Å²) in [6.45, 7) is 14.5. The molecule has 26 heavy (non-hydrogen) atoms. The largest absolute Gasteiger partial charge is 0.333 e. The van der Waals surface area contributed by atoms with Gasteiger partial charge in [0.2, 0.25) is 0 Å². The highest BCUT2D eigenvalue weighted by atomic mass is 16.2. The van der Waals surface area contributed by atoms with Crippen LogP contribution < -0.4 is 28.1 Å². The van der Waals surface area contributed by atoms with E-state index in [1.807, 2.05) is 27.7 Å². The average molecular weight is 359 g/mol. The Labute approximate surface area is 151 Å². The van der Waals surface area contributed by atoms with Crippen LogP contribution in [0, 0.1) is 0 Å². The Kier molecular flexibility index (Phi) is 8.70. The fourth-order valence-corrected chi connectivity index (χ4v) is 2.11. The first kappa shape index (κ1) is 22.8. The van der Waals surface area contributed by atoms with Crippen LogP contribution in [0.2, 0.25) is 0 Å². The lowest BCUT2D eigenvalue weighted by Gasteiger charge is -1.86. The highest BCUT2D eigenvalue weighted by molar-refractivity contribution is 5.97. The number of aromatic nitrogens is 2. The third-order valence-electron chi connectivity index (χ3n) is 3.13. The zero-order valence-electron chi connectivity index (χ0n) is 15.8. The smallest absolute Gasteiger partial charge is 0.280 e. The summed E-state index contributed by atoms with van der Waals surface area (Å²) in [5, 5.41) is 0.353. The van der Waals surface area contributed by atoms with Gasteiger partial charge >= 0.3 is 0 Å². The van der Waals surface area contributed by atoms with Crippen molar-refractivity contribution in [3.8, 4) is 0 Å². The zero-order chi connectivity index (χ0) is 20.6. The molecule has 0 unspecified atom stereocenters. The molecular formula is C19H25N3O4. The molecule has 3 rings (SSSR count). The van der Waals surface area contributed by atoms with E-state index >= 15 is 0 Å². The molecule has 0 aliphatic carbocycles. The van der Waals surface area contributed by atoms with E-state index in [0.717, 1.165) is 4.57 Å². The monoisotopic (exact) mass is 359 g/mol. The van der Waals surface area contributed by atoms with Crippen molar-refractivity contribution in [2.24, 2.45) is 7.05 Å². The summed E-state index contributed by atoms with van der Waals surface area (Å²) in [5.41, 5.74) is -2.33. The van der Waals surface area contributed by atoms with Crippen LogP contribution in [0.25, 0.3) is 21.5 Å². The number of benzene rings is 1. The molecule has 0 radical (unpaired) electrons. The maximum Gasteiger partial charge on any atom is 0.280 e. The summed E-state index contributed by atoms with van der Waals surface area (Å²) in [4.78, 5) is 46.8. The summed E-state index contributed by atoms with van der Waals surface area (Å²) >= 11 is 0. The van der Waals surface area contributed by atoms with E-state index in [1.54, 1.807) is 12.2 Å². The number of fused-ring (bicyclic) bond motifs is 2. The van der Waals surface area contributed by atoms with Crippen molar-refractivity contribution in [1.82, 2.24) is 9.24 Å². The topological polar surface area (TPSA) is 104 Å². The molecule has 0 aliphatic heterocycles. The van der Waals surface area contributed by atoms with Crippen LogP contribution in [0.15, 0.2) is 56.6 Å². The highest BCUT2D eigenvalue weighted by Crippen LogP contribution is 2.13. The average Bonchev–Trinajstić information content (AvgIpc) is 2.98. The molecule has 3 aromatic rings. The maximum absolute atomic E-state index is 11.7. The molecule has 0 saturated heterocycles. The summed E-state index contributed by atoms with van der Waals surface area (Å²) in [6.07, 6.45) is 3.50. The number of allylic oxidation sites excluding steroid dienone is 2. The standard InChI is InChI=1S/C11H7N3O4.2C3H6.C2H6/c1-13-8(15)4-2-6-7(3-5(4)9(13)16)11(18)14(12)10(6)17;2*1-3-2;1-2/h2-3H,12H2,1H3;2*3H,1H2,2H3;1-2H3. The number of rotatable bonds is 0. The quantitative estimate of drug-likeness (QED) is 0.485. The van der Waals surface area contributed by atoms with Crippen molar-refractivity contribution < 1.29 is 0 Å². The Morgan fingerprint density at radius 1 is 0.769 bits per heavy atom. The molecule has 1 aromatic carbocycles. The van der Waals surface area contributed by atoms with Gasteiger partial charge in [0, 0.05) is 7.05 Å². The molecule has 2 N–H and O–H groups in total. The van der Waals surface area contributed by atoms with Gasteiger partial charge in [-0.1, -0.05) is 26.0 Å². The minimum Gasteiger partial charge on any atom is -0.333 e. The third-order valence-corrected chi connectivity index (χ3v) is 3.13. The summed E-state index contributed by atoms with van der Waals surface area (Å²) in [5.74, 6) is 5.28. The first-order valence-corrected chi connectivity index (χ1v) is 8.04. The lowest BCUT2D eigenvalue weighted by Crippen LogP contribution is -2.32. The molecule has 0 atom stereocenters. The first-order chi connectivity index (χ1) is 12.3. The lowest BCUT2D eigenvalue weighted by molar-refractivity contribution is 0.856. The van der Waals surface area contributed by atoms with Crippen molar-refractivity contribution in [2.45, 2.75) is 27.7 Å². The third kappa shape index (κ3) is 4.05. The van der Waals surface area contributed by atoms with Gasteiger partial charge in [-0.3, -0.25) is 23.7 Å². The van der Waals surface area contributed by atoms with E-state index in [1.165, 1.54) is 19.2 Å². The van der Waals surface area contributed by atoms with Gasteiger partial charge in [0.15, 0.2) is 0 Å². The number of hydrogen-bond acceptors (Lipinski definition) is 5. The molecule has 0 spiro atoms. The highest BCUT2D eigenvalue weighted by Gasteiger charge is 2.16. The maximum atomic E-state index is 11.7. The Balaban J connectivity index is 0.000000679. The molecule has 0 bridgehead atoms. The first-order valence-electron chi connectivity index (χ1n) is 8.04. The van der Waals surface area contributed by atoms with Crippen LogP contribution >= 0.6 is 0 Å². The summed E-state index contributed by atoms with van der Waals surface area (Å²) in [7, 11) is 1.34. The normalized spacial score (nSPS) is 9.27. The van der Waals surface area contributed by atoms with Crippen LogP contribution in [-0.2, 0) is 7.05 Å². The van der Waals surface area contributed by atoms with E-state index in [2.05, 4.69) is 13.2 Å². The van der Waals surface area contributed by atoms with E-state index < -0.39 is 22.2 Å². The fraction of sp³-hybridized carbons (Fsp3) is 0.263. The summed E-state index contributed by atoms with van der Waals surface area (Å²) in [6, 6.07) is 2.50. The van der Waals surface area contributed by atoms with Crippen molar-refractivity contribution in [2.75, 3.05) is 5.84 Å². The van der Waals surface area contributed by atoms with Crippen molar-refractivity contribution in [3.63, 3.8) is 0 Å². The number of nitrogens with zero attached hydrogens (tertiary/aromatic N) is 2. The second-order valence-electron chi connectivity index (χ2n) is 4.91. The zero-order valence-corrected chi connectivity index (χ0v) is 15.8. The molecule has 0 aliphatic rings. The molecule has 0 saturated carbocycles. The van der Waals surface area contributed by atoms with Crippen LogP contribution in [-0.4, -0.2) is 9.24 Å². The Morgan fingerprint density at radius 3 is 1.27 bits per heavy atom. The van der Waals surface area contributed by atoms with Crippen molar-refractivity contribution in [1.29, 1.82) is 0 Å². The SMILES string of the molecule is C=CC.C=CC.CC.Cn1c(=O)c2cc3c(=O)n(N)c(=O)c3cc2c1=O. The molecule has 140 valence electrons. The van der Waals surface area contributed by atoms with Gasteiger partial charge in [-0.25, -0.2) is 0 Å². The second kappa shape index (κ2) is 9.93. The molecule has 2 aromatic heterocycles. The van der Waals surface area contributed by atoms with Crippen LogP contribution in [0.1, 0.15) is 27.7 Å². The number of nitrogen functional groups attached to an aromatic ring is 1. The van der Waals surface area contributed by atoms with Crippen molar-refractivity contribution >= 4 is 21.5 Å². The van der Waals surface area contributed by atoms with E-state index in [-0.39, 0.29) is 21.5 Å². The van der Waals surface area contributed by atoms with E-state index in [4.69, 9.17) is 5.84 Å². The number of hydrogen-bond donors (Lipinski definition) is 1. The van der Waals surface area contributed by atoms with Gasteiger partial charge in [-0.15, -0.1) is 13.2 Å². The van der Waals surface area contributed by atoms with Gasteiger partial charge in [0.05, 0.1) is 21.5 Å². The predicted octanol–water partition coefficient (Wildman–Crippen LogP) is 1.57. The summed E-state index contributed by atoms with van der Waals surface area (Å²) < 4.78 is 1.41. The van der Waals surface area contributed by atoms with Crippen LogP contribution in [0.3, 0.4) is 0 Å². The van der Waals surface area contributed by atoms with Crippen LogP contribution in [0.5, 0.6) is 0 Å². The molecule has 2 heterocycles. The minimum absolute atomic E-state index is 0.0534. The van der Waals surface area contributed by atoms with Crippen LogP contribution in [0.4, 0.5) is 0 Å². The van der Waals surface area contributed by atoms with Gasteiger partial charge < -0.3 is 5.84 Å². The van der Waals surface area contributed by atoms with Gasteiger partial charge in [0.1, 0.15) is 0 Å². The molecule has 7 heteroatoms. The molecule has 7 nitrogen and oxygen atoms in total. The Hall–Kier alpha value is -3.22. The second-order valence-corrected chi connectivity index (χ2v) is 4.91. The molecule has 0 fully saturated rings. The van der Waals surface area contributed by atoms with E-state index in [9.17, 15) is 19.2 Å².